The number of nitrogens with one attached hydrogen (secondary N) is 1. The van der Waals surface area contributed by atoms with Gasteiger partial charge in [-0.3, -0.25) is 4.79 Å². The summed E-state index contributed by atoms with van der Waals surface area (Å²) in [6.45, 7) is 9.33. The van der Waals surface area contributed by atoms with E-state index in [1.165, 1.54) is 7.11 Å². The average Bonchev–Trinajstić information content (AvgIpc) is 2.20. The molecular weight excluding hydrogens is 206 g/mol. The van der Waals surface area contributed by atoms with Crippen molar-refractivity contribution in [1.82, 2.24) is 5.32 Å². The van der Waals surface area contributed by atoms with Gasteiger partial charge in [0.2, 0.25) is 0 Å². The summed E-state index contributed by atoms with van der Waals surface area (Å²) in [6.07, 6.45) is 1.01. The number of rotatable bonds is 8. The van der Waals surface area contributed by atoms with Crippen LogP contribution in [0.1, 0.15) is 34.1 Å². The minimum absolute atomic E-state index is 0.234. The smallest absolute Gasteiger partial charge is 0.325 e. The minimum atomic E-state index is -0.364. The Balaban J connectivity index is 3.88. The molecule has 0 spiro atoms. The zero-order valence-electron chi connectivity index (χ0n) is 11.1. The molecule has 0 aromatic carbocycles. The molecule has 1 atom stereocenters. The molecule has 0 aromatic heterocycles. The molecule has 0 fully saturated rings. The standard InChI is InChI=1S/C12H25NO3/c1-9(2)6-7-16-8-11(12(14)15-5)13-10(3)4/h9-11,13H,6-8H2,1-5H3. The van der Waals surface area contributed by atoms with Crippen molar-refractivity contribution < 1.29 is 14.3 Å². The monoisotopic (exact) mass is 231 g/mol. The van der Waals surface area contributed by atoms with Gasteiger partial charge in [0.25, 0.3) is 0 Å². The Morgan fingerprint density at radius 3 is 2.31 bits per heavy atom. The van der Waals surface area contributed by atoms with Crippen LogP contribution < -0.4 is 5.32 Å². The maximum absolute atomic E-state index is 11.4. The van der Waals surface area contributed by atoms with Gasteiger partial charge in [-0.15, -0.1) is 0 Å². The summed E-state index contributed by atoms with van der Waals surface area (Å²) < 4.78 is 10.2. The first-order valence-electron chi connectivity index (χ1n) is 5.89. The Morgan fingerprint density at radius 1 is 1.25 bits per heavy atom. The molecule has 0 radical (unpaired) electrons. The third-order valence-electron chi connectivity index (χ3n) is 2.14. The highest BCUT2D eigenvalue weighted by Crippen LogP contribution is 2.00. The van der Waals surface area contributed by atoms with E-state index in [1.807, 2.05) is 13.8 Å². The Hall–Kier alpha value is -0.610. The number of carbonyl (C=O) groups excluding carboxylic acids is 1. The molecule has 0 aliphatic rings. The molecular formula is C12H25NO3. The van der Waals surface area contributed by atoms with Crippen molar-refractivity contribution in [3.05, 3.63) is 0 Å². The summed E-state index contributed by atoms with van der Waals surface area (Å²) in [7, 11) is 1.39. The van der Waals surface area contributed by atoms with Gasteiger partial charge in [-0.1, -0.05) is 27.7 Å². The van der Waals surface area contributed by atoms with Crippen LogP contribution in [0.15, 0.2) is 0 Å². The number of carbonyl (C=O) groups is 1. The van der Waals surface area contributed by atoms with E-state index in [2.05, 4.69) is 19.2 Å². The molecule has 0 rings (SSSR count). The lowest BCUT2D eigenvalue weighted by Gasteiger charge is -2.19. The molecule has 0 saturated heterocycles. The quantitative estimate of drug-likeness (QED) is 0.509. The topological polar surface area (TPSA) is 47.6 Å². The summed E-state index contributed by atoms with van der Waals surface area (Å²) in [5.41, 5.74) is 0. The normalized spacial score (nSPS) is 13.2. The van der Waals surface area contributed by atoms with Gasteiger partial charge < -0.3 is 14.8 Å². The summed E-state index contributed by atoms with van der Waals surface area (Å²) in [6, 6.07) is -0.130. The number of ether oxygens (including phenoxy) is 2. The number of esters is 1. The second-order valence-electron chi connectivity index (χ2n) is 4.65. The first kappa shape index (κ1) is 15.4. The zero-order valence-corrected chi connectivity index (χ0v) is 11.1. The van der Waals surface area contributed by atoms with Crippen molar-refractivity contribution in [2.24, 2.45) is 5.92 Å². The van der Waals surface area contributed by atoms with E-state index in [9.17, 15) is 4.79 Å². The molecule has 1 unspecified atom stereocenters. The first-order chi connectivity index (χ1) is 7.47. The highest BCUT2D eigenvalue weighted by Gasteiger charge is 2.19. The molecule has 16 heavy (non-hydrogen) atoms. The summed E-state index contributed by atoms with van der Waals surface area (Å²) in [5, 5.41) is 3.12. The van der Waals surface area contributed by atoms with E-state index in [-0.39, 0.29) is 18.1 Å². The molecule has 4 nitrogen and oxygen atoms in total. The van der Waals surface area contributed by atoms with E-state index in [4.69, 9.17) is 9.47 Å². The maximum atomic E-state index is 11.4. The van der Waals surface area contributed by atoms with E-state index in [1.54, 1.807) is 0 Å². The molecule has 0 aliphatic heterocycles. The Labute approximate surface area is 98.7 Å². The largest absolute Gasteiger partial charge is 0.468 e. The van der Waals surface area contributed by atoms with Crippen LogP contribution in [0.3, 0.4) is 0 Å². The van der Waals surface area contributed by atoms with E-state index < -0.39 is 0 Å². The van der Waals surface area contributed by atoms with Crippen molar-refractivity contribution in [3.8, 4) is 0 Å². The highest BCUT2D eigenvalue weighted by atomic mass is 16.5. The summed E-state index contributed by atoms with van der Waals surface area (Å²) >= 11 is 0. The van der Waals surface area contributed by atoms with Gasteiger partial charge in [-0.2, -0.15) is 0 Å². The van der Waals surface area contributed by atoms with Crippen molar-refractivity contribution >= 4 is 5.97 Å². The Kier molecular flexibility index (Phi) is 8.21. The molecule has 0 heterocycles. The van der Waals surface area contributed by atoms with E-state index in [0.717, 1.165) is 6.42 Å². The summed E-state index contributed by atoms with van der Waals surface area (Å²) in [4.78, 5) is 11.4. The van der Waals surface area contributed by atoms with Crippen LogP contribution in [0.25, 0.3) is 0 Å². The molecule has 0 amide bonds. The first-order valence-corrected chi connectivity index (χ1v) is 5.89. The zero-order chi connectivity index (χ0) is 12.6. The molecule has 0 aromatic rings. The van der Waals surface area contributed by atoms with Gasteiger partial charge in [0.1, 0.15) is 6.04 Å². The fourth-order valence-electron chi connectivity index (χ4n) is 1.25. The number of hydrogen-bond donors (Lipinski definition) is 1. The van der Waals surface area contributed by atoms with E-state index in [0.29, 0.717) is 19.1 Å². The van der Waals surface area contributed by atoms with Gasteiger partial charge in [0, 0.05) is 12.6 Å². The molecule has 4 heteroatoms. The SMILES string of the molecule is COC(=O)C(COCCC(C)C)NC(C)C. The van der Waals surface area contributed by atoms with Gasteiger partial charge in [-0.05, 0) is 12.3 Å². The minimum Gasteiger partial charge on any atom is -0.468 e. The maximum Gasteiger partial charge on any atom is 0.325 e. The number of hydrogen-bond acceptors (Lipinski definition) is 4. The average molecular weight is 231 g/mol. The Morgan fingerprint density at radius 2 is 1.88 bits per heavy atom. The van der Waals surface area contributed by atoms with Gasteiger partial charge >= 0.3 is 5.97 Å². The molecule has 1 N–H and O–H groups in total. The molecule has 0 aliphatic carbocycles. The predicted octanol–water partition coefficient (Wildman–Crippen LogP) is 1.59. The molecule has 0 bridgehead atoms. The van der Waals surface area contributed by atoms with Crippen LogP contribution in [0.2, 0.25) is 0 Å². The third-order valence-corrected chi connectivity index (χ3v) is 2.14. The lowest BCUT2D eigenvalue weighted by molar-refractivity contribution is -0.145. The summed E-state index contributed by atoms with van der Waals surface area (Å²) in [5.74, 6) is 0.355. The molecule has 0 saturated carbocycles. The van der Waals surface area contributed by atoms with Gasteiger partial charge in [0.15, 0.2) is 0 Å². The van der Waals surface area contributed by atoms with E-state index >= 15 is 0 Å². The lowest BCUT2D eigenvalue weighted by Crippen LogP contribution is -2.44. The fraction of sp³-hybridized carbons (Fsp3) is 0.917. The van der Waals surface area contributed by atoms with Gasteiger partial charge in [-0.25, -0.2) is 0 Å². The predicted molar refractivity (Wildman–Crippen MR) is 64.3 cm³/mol. The van der Waals surface area contributed by atoms with Crippen LogP contribution in [0.5, 0.6) is 0 Å². The van der Waals surface area contributed by atoms with Crippen molar-refractivity contribution in [3.63, 3.8) is 0 Å². The third kappa shape index (κ3) is 7.65. The van der Waals surface area contributed by atoms with Gasteiger partial charge in [0.05, 0.1) is 13.7 Å². The Bertz CT molecular complexity index is 193. The van der Waals surface area contributed by atoms with Crippen LogP contribution >= 0.6 is 0 Å². The second-order valence-corrected chi connectivity index (χ2v) is 4.65. The number of methoxy groups -OCH3 is 1. The van der Waals surface area contributed by atoms with Crippen LogP contribution in [0, 0.1) is 5.92 Å². The van der Waals surface area contributed by atoms with Crippen molar-refractivity contribution in [2.75, 3.05) is 20.3 Å². The van der Waals surface area contributed by atoms with Crippen LogP contribution in [0.4, 0.5) is 0 Å². The van der Waals surface area contributed by atoms with Crippen molar-refractivity contribution in [2.45, 2.75) is 46.2 Å². The highest BCUT2D eigenvalue weighted by molar-refractivity contribution is 5.75. The molecule has 96 valence electrons. The second kappa shape index (κ2) is 8.53. The fourth-order valence-corrected chi connectivity index (χ4v) is 1.25. The lowest BCUT2D eigenvalue weighted by atomic mass is 10.1. The van der Waals surface area contributed by atoms with Crippen molar-refractivity contribution in [1.29, 1.82) is 0 Å². The van der Waals surface area contributed by atoms with Crippen LogP contribution in [-0.4, -0.2) is 38.4 Å². The van der Waals surface area contributed by atoms with Crippen LogP contribution in [-0.2, 0) is 14.3 Å².